The Kier molecular flexibility index (Phi) is 6.85. The predicted molar refractivity (Wildman–Crippen MR) is 88.1 cm³/mol. The third-order valence-corrected chi connectivity index (χ3v) is 3.49. The standard InChI is InChI=1S/C17H22O3S/c1-17(2,3)21-16(20)12-15(19)11-14(18)10-9-13-7-5-4-6-8-13/h4-10,14,18H,11-12H2,1-3H3. The second kappa shape index (κ2) is 8.15. The minimum Gasteiger partial charge on any atom is -0.389 e. The molecule has 0 radical (unpaired) electrons. The molecule has 21 heavy (non-hydrogen) atoms. The highest BCUT2D eigenvalue weighted by molar-refractivity contribution is 8.14. The lowest BCUT2D eigenvalue weighted by molar-refractivity contribution is -0.124. The van der Waals surface area contributed by atoms with E-state index in [1.54, 1.807) is 12.2 Å². The molecule has 0 saturated carbocycles. The van der Waals surface area contributed by atoms with Crippen LogP contribution >= 0.6 is 11.8 Å². The van der Waals surface area contributed by atoms with Gasteiger partial charge in [-0.2, -0.15) is 0 Å². The van der Waals surface area contributed by atoms with Crippen LogP contribution in [0.5, 0.6) is 0 Å². The van der Waals surface area contributed by atoms with Crippen LogP contribution in [0.3, 0.4) is 0 Å². The zero-order chi connectivity index (χ0) is 15.9. The lowest BCUT2D eigenvalue weighted by Gasteiger charge is -2.15. The molecule has 1 unspecified atom stereocenters. The van der Waals surface area contributed by atoms with Gasteiger partial charge in [0, 0.05) is 11.2 Å². The fraction of sp³-hybridized carbons (Fsp3) is 0.412. The first kappa shape index (κ1) is 17.7. The van der Waals surface area contributed by atoms with Crippen LogP contribution in [0.1, 0.15) is 39.2 Å². The van der Waals surface area contributed by atoms with Gasteiger partial charge in [0.2, 0.25) is 0 Å². The third-order valence-electron chi connectivity index (χ3n) is 2.51. The van der Waals surface area contributed by atoms with Gasteiger partial charge < -0.3 is 5.11 Å². The van der Waals surface area contributed by atoms with Crippen LogP contribution < -0.4 is 0 Å². The SMILES string of the molecule is CC(C)(C)SC(=O)CC(=O)CC(O)C=Cc1ccccc1. The van der Waals surface area contributed by atoms with E-state index in [9.17, 15) is 14.7 Å². The van der Waals surface area contributed by atoms with Gasteiger partial charge in [0.1, 0.15) is 5.78 Å². The minimum atomic E-state index is -0.856. The van der Waals surface area contributed by atoms with Crippen LogP contribution in [0.2, 0.25) is 0 Å². The fourth-order valence-corrected chi connectivity index (χ4v) is 2.61. The van der Waals surface area contributed by atoms with Gasteiger partial charge in [-0.1, -0.05) is 75.0 Å². The van der Waals surface area contributed by atoms with E-state index >= 15 is 0 Å². The Bertz CT molecular complexity index is 501. The summed E-state index contributed by atoms with van der Waals surface area (Å²) in [5.74, 6) is -0.234. The molecule has 0 saturated heterocycles. The number of carbonyl (C=O) groups is 2. The highest BCUT2D eigenvalue weighted by Gasteiger charge is 2.19. The monoisotopic (exact) mass is 306 g/mol. The fourth-order valence-electron chi connectivity index (χ4n) is 1.70. The first-order chi connectivity index (χ1) is 9.76. The average Bonchev–Trinajstić information content (AvgIpc) is 2.35. The van der Waals surface area contributed by atoms with Gasteiger partial charge in [-0.05, 0) is 5.56 Å². The lowest BCUT2D eigenvalue weighted by atomic mass is 10.1. The molecule has 0 amide bonds. The quantitative estimate of drug-likeness (QED) is 0.818. The molecule has 1 N–H and O–H groups in total. The van der Waals surface area contributed by atoms with Crippen molar-refractivity contribution in [1.29, 1.82) is 0 Å². The van der Waals surface area contributed by atoms with Crippen molar-refractivity contribution in [3.63, 3.8) is 0 Å². The van der Waals surface area contributed by atoms with E-state index in [1.807, 2.05) is 51.1 Å². The van der Waals surface area contributed by atoms with Gasteiger partial charge in [0.15, 0.2) is 5.12 Å². The maximum absolute atomic E-state index is 11.7. The zero-order valence-electron chi connectivity index (χ0n) is 12.7. The number of Topliss-reactive ketones (excluding diaryl/α,β-unsaturated/α-hetero) is 1. The third kappa shape index (κ3) is 8.48. The van der Waals surface area contributed by atoms with Crippen molar-refractivity contribution < 1.29 is 14.7 Å². The molecule has 0 heterocycles. The van der Waals surface area contributed by atoms with E-state index in [-0.39, 0.29) is 28.5 Å². The second-order valence-electron chi connectivity index (χ2n) is 5.84. The van der Waals surface area contributed by atoms with Crippen molar-refractivity contribution in [2.24, 2.45) is 0 Å². The zero-order valence-corrected chi connectivity index (χ0v) is 13.5. The molecule has 1 aromatic rings. The Morgan fingerprint density at radius 3 is 2.43 bits per heavy atom. The maximum Gasteiger partial charge on any atom is 0.196 e. The summed E-state index contributed by atoms with van der Waals surface area (Å²) in [6.45, 7) is 5.78. The van der Waals surface area contributed by atoms with Crippen molar-refractivity contribution in [2.75, 3.05) is 0 Å². The van der Waals surface area contributed by atoms with E-state index in [4.69, 9.17) is 0 Å². The molecule has 114 valence electrons. The molecule has 0 aliphatic rings. The number of hydrogen-bond acceptors (Lipinski definition) is 4. The van der Waals surface area contributed by atoms with E-state index < -0.39 is 6.10 Å². The topological polar surface area (TPSA) is 54.4 Å². The first-order valence-electron chi connectivity index (χ1n) is 6.91. The molecule has 0 bridgehead atoms. The summed E-state index contributed by atoms with van der Waals surface area (Å²) in [6.07, 6.45) is 2.33. The van der Waals surface area contributed by atoms with E-state index in [1.165, 1.54) is 0 Å². The molecule has 1 rings (SSSR count). The largest absolute Gasteiger partial charge is 0.389 e. The summed E-state index contributed by atoms with van der Waals surface area (Å²) >= 11 is 1.16. The van der Waals surface area contributed by atoms with Gasteiger partial charge >= 0.3 is 0 Å². The van der Waals surface area contributed by atoms with Gasteiger partial charge in [-0.3, -0.25) is 9.59 Å². The highest BCUT2D eigenvalue weighted by Crippen LogP contribution is 2.25. The summed E-state index contributed by atoms with van der Waals surface area (Å²) in [6, 6.07) is 9.54. The normalized spacial score (nSPS) is 13.3. The first-order valence-corrected chi connectivity index (χ1v) is 7.73. The van der Waals surface area contributed by atoms with Gasteiger partial charge in [0.05, 0.1) is 12.5 Å². The van der Waals surface area contributed by atoms with E-state index in [0.29, 0.717) is 0 Å². The summed E-state index contributed by atoms with van der Waals surface area (Å²) in [5.41, 5.74) is 0.961. The molecule has 3 nitrogen and oxygen atoms in total. The summed E-state index contributed by atoms with van der Waals surface area (Å²) in [5, 5.41) is 9.65. The molecule has 0 aromatic heterocycles. The number of benzene rings is 1. The van der Waals surface area contributed by atoms with Crippen molar-refractivity contribution in [1.82, 2.24) is 0 Å². The lowest BCUT2D eigenvalue weighted by Crippen LogP contribution is -2.17. The Morgan fingerprint density at radius 1 is 1.24 bits per heavy atom. The van der Waals surface area contributed by atoms with Gasteiger partial charge in [0.25, 0.3) is 0 Å². The van der Waals surface area contributed by atoms with Crippen molar-refractivity contribution in [3.8, 4) is 0 Å². The molecule has 0 aliphatic carbocycles. The smallest absolute Gasteiger partial charge is 0.196 e. The summed E-state index contributed by atoms with van der Waals surface area (Å²) in [4.78, 5) is 23.4. The number of aliphatic hydroxyl groups is 1. The van der Waals surface area contributed by atoms with Crippen LogP contribution in [0, 0.1) is 0 Å². The number of carbonyl (C=O) groups excluding carboxylic acids is 2. The van der Waals surface area contributed by atoms with E-state index in [0.717, 1.165) is 17.3 Å². The Morgan fingerprint density at radius 2 is 1.86 bits per heavy atom. The number of thioether (sulfide) groups is 1. The van der Waals surface area contributed by atoms with Crippen LogP contribution in [0.15, 0.2) is 36.4 Å². The van der Waals surface area contributed by atoms with Crippen LogP contribution in [0.25, 0.3) is 6.08 Å². The maximum atomic E-state index is 11.7. The van der Waals surface area contributed by atoms with Crippen molar-refractivity contribution in [2.45, 2.75) is 44.5 Å². The average molecular weight is 306 g/mol. The number of ketones is 1. The number of hydrogen-bond donors (Lipinski definition) is 1. The Labute approximate surface area is 130 Å². The number of aliphatic hydroxyl groups excluding tert-OH is 1. The van der Waals surface area contributed by atoms with Crippen LogP contribution in [-0.4, -0.2) is 26.9 Å². The molecule has 0 spiro atoms. The molecule has 1 aromatic carbocycles. The molecule has 4 heteroatoms. The van der Waals surface area contributed by atoms with Gasteiger partial charge in [-0.25, -0.2) is 0 Å². The van der Waals surface area contributed by atoms with Crippen LogP contribution in [-0.2, 0) is 9.59 Å². The van der Waals surface area contributed by atoms with Crippen molar-refractivity contribution in [3.05, 3.63) is 42.0 Å². The molecular weight excluding hydrogens is 284 g/mol. The van der Waals surface area contributed by atoms with Gasteiger partial charge in [-0.15, -0.1) is 0 Å². The van der Waals surface area contributed by atoms with Crippen LogP contribution in [0.4, 0.5) is 0 Å². The minimum absolute atomic E-state index is 0.0280. The summed E-state index contributed by atoms with van der Waals surface area (Å²) in [7, 11) is 0. The molecule has 1 atom stereocenters. The second-order valence-corrected chi connectivity index (χ2v) is 7.73. The summed E-state index contributed by atoms with van der Waals surface area (Å²) < 4.78 is -0.191. The van der Waals surface area contributed by atoms with E-state index in [2.05, 4.69) is 0 Å². The van der Waals surface area contributed by atoms with Crippen molar-refractivity contribution >= 4 is 28.7 Å². The molecular formula is C17H22O3S. The Balaban J connectivity index is 2.40. The predicted octanol–water partition coefficient (Wildman–Crippen LogP) is 3.47. The number of rotatable bonds is 6. The molecule has 0 fully saturated rings. The Hall–Kier alpha value is -1.39. The molecule has 0 aliphatic heterocycles. The highest BCUT2D eigenvalue weighted by atomic mass is 32.2.